The van der Waals surface area contributed by atoms with Crippen molar-refractivity contribution in [3.63, 3.8) is 0 Å². The third-order valence-corrected chi connectivity index (χ3v) is 5.26. The number of carbonyl (C=O) groups is 1. The van der Waals surface area contributed by atoms with Gasteiger partial charge in [0.25, 0.3) is 0 Å². The fourth-order valence-corrected chi connectivity index (χ4v) is 3.72. The van der Waals surface area contributed by atoms with Crippen molar-refractivity contribution >= 4 is 21.6 Å². The molecule has 21 heavy (non-hydrogen) atoms. The van der Waals surface area contributed by atoms with E-state index in [2.05, 4.69) is 4.72 Å². The molecule has 1 amide bonds. The van der Waals surface area contributed by atoms with E-state index in [1.807, 2.05) is 27.7 Å². The monoisotopic (exact) mass is 310 g/mol. The van der Waals surface area contributed by atoms with Gasteiger partial charge in [-0.3, -0.25) is 4.79 Å². The molecule has 1 aromatic rings. The lowest BCUT2D eigenvalue weighted by Crippen LogP contribution is -2.33. The minimum Gasteiger partial charge on any atom is -0.314 e. The molecular weight excluding hydrogens is 288 g/mol. The zero-order valence-corrected chi connectivity index (χ0v) is 13.9. The van der Waals surface area contributed by atoms with Gasteiger partial charge in [0.05, 0.1) is 10.3 Å². The first-order chi connectivity index (χ1) is 9.57. The second kappa shape index (κ2) is 5.10. The second-order valence-corrected chi connectivity index (χ2v) is 8.18. The van der Waals surface area contributed by atoms with Crippen molar-refractivity contribution in [3.05, 3.63) is 23.8 Å². The van der Waals surface area contributed by atoms with E-state index >= 15 is 0 Å². The zero-order chi connectivity index (χ0) is 16.0. The smallest absolute Gasteiger partial charge is 0.240 e. The number of likely N-dealkylation sites (N-methyl/N-ethyl adjacent to an activating group) is 1. The first-order valence-electron chi connectivity index (χ1n) is 6.99. The molecule has 0 saturated heterocycles. The molecule has 0 radical (unpaired) electrons. The maximum absolute atomic E-state index is 12.3. The van der Waals surface area contributed by atoms with Gasteiger partial charge in [0.15, 0.2) is 0 Å². The summed E-state index contributed by atoms with van der Waals surface area (Å²) in [5.74, 6) is 0.209. The third kappa shape index (κ3) is 2.70. The number of carbonyl (C=O) groups excluding carboxylic acids is 1. The zero-order valence-electron chi connectivity index (χ0n) is 13.1. The summed E-state index contributed by atoms with van der Waals surface area (Å²) in [5.41, 5.74) is 0.823. The van der Waals surface area contributed by atoms with Crippen molar-refractivity contribution in [1.29, 1.82) is 0 Å². The van der Waals surface area contributed by atoms with Crippen LogP contribution in [0.3, 0.4) is 0 Å². The topological polar surface area (TPSA) is 66.5 Å². The molecule has 116 valence electrons. The van der Waals surface area contributed by atoms with Crippen molar-refractivity contribution in [2.24, 2.45) is 5.92 Å². The molecule has 0 unspecified atom stereocenters. The van der Waals surface area contributed by atoms with E-state index in [1.54, 1.807) is 30.1 Å². The standard InChI is InChI=1S/C15H22N2O3S/c1-10(2)9-16-21(19,20)11-6-7-13-12(8-11)15(3,4)14(18)17(13)5/h6-8,10,16H,9H2,1-5H3. The summed E-state index contributed by atoms with van der Waals surface area (Å²) in [6, 6.07) is 4.86. The van der Waals surface area contributed by atoms with Crippen LogP contribution in [0.4, 0.5) is 5.69 Å². The first-order valence-corrected chi connectivity index (χ1v) is 8.48. The van der Waals surface area contributed by atoms with Gasteiger partial charge in [-0.05, 0) is 43.5 Å². The Morgan fingerprint density at radius 3 is 2.48 bits per heavy atom. The van der Waals surface area contributed by atoms with Crippen molar-refractivity contribution in [2.45, 2.75) is 38.0 Å². The first kappa shape index (κ1) is 16.0. The van der Waals surface area contributed by atoms with E-state index < -0.39 is 15.4 Å². The predicted octanol–water partition coefficient (Wildman–Crippen LogP) is 1.87. The maximum atomic E-state index is 12.3. The van der Waals surface area contributed by atoms with E-state index in [0.29, 0.717) is 6.54 Å². The summed E-state index contributed by atoms with van der Waals surface area (Å²) in [4.78, 5) is 14.0. The fourth-order valence-electron chi connectivity index (χ4n) is 2.48. The molecule has 0 spiro atoms. The Morgan fingerprint density at radius 2 is 1.90 bits per heavy atom. The Hall–Kier alpha value is -1.40. The lowest BCUT2D eigenvalue weighted by molar-refractivity contribution is -0.121. The van der Waals surface area contributed by atoms with E-state index in [0.717, 1.165) is 11.3 Å². The molecule has 1 aliphatic rings. The van der Waals surface area contributed by atoms with Crippen LogP contribution in [0.15, 0.2) is 23.1 Å². The number of benzene rings is 1. The highest BCUT2D eigenvalue weighted by atomic mass is 32.2. The number of nitrogens with one attached hydrogen (secondary N) is 1. The molecule has 5 nitrogen and oxygen atoms in total. The summed E-state index contributed by atoms with van der Waals surface area (Å²) in [7, 11) is -1.83. The SMILES string of the molecule is CC(C)CNS(=O)(=O)c1ccc2c(c1)C(C)(C)C(=O)N2C. The van der Waals surface area contributed by atoms with Gasteiger partial charge in [0.1, 0.15) is 0 Å². The summed E-state index contributed by atoms with van der Waals surface area (Å²) < 4.78 is 27.2. The quantitative estimate of drug-likeness (QED) is 0.923. The maximum Gasteiger partial charge on any atom is 0.240 e. The highest BCUT2D eigenvalue weighted by molar-refractivity contribution is 7.89. The lowest BCUT2D eigenvalue weighted by atomic mass is 9.86. The van der Waals surface area contributed by atoms with E-state index in [-0.39, 0.29) is 16.7 Å². The molecular formula is C15H22N2O3S. The number of amides is 1. The van der Waals surface area contributed by atoms with E-state index in [9.17, 15) is 13.2 Å². The Balaban J connectivity index is 2.44. The van der Waals surface area contributed by atoms with Crippen molar-refractivity contribution < 1.29 is 13.2 Å². The lowest BCUT2D eigenvalue weighted by Gasteiger charge is -2.17. The van der Waals surface area contributed by atoms with Crippen LogP contribution < -0.4 is 9.62 Å². The molecule has 2 rings (SSSR count). The van der Waals surface area contributed by atoms with Crippen molar-refractivity contribution in [2.75, 3.05) is 18.5 Å². The molecule has 0 fully saturated rings. The predicted molar refractivity (Wildman–Crippen MR) is 82.9 cm³/mol. The number of sulfonamides is 1. The summed E-state index contributed by atoms with van der Waals surface area (Å²) in [6.07, 6.45) is 0. The van der Waals surface area contributed by atoms with Crippen LogP contribution in [-0.4, -0.2) is 27.9 Å². The number of fused-ring (bicyclic) bond motifs is 1. The Bertz CT molecular complexity index is 678. The number of hydrogen-bond acceptors (Lipinski definition) is 3. The number of rotatable bonds is 4. The van der Waals surface area contributed by atoms with Gasteiger partial charge in [-0.25, -0.2) is 13.1 Å². The van der Waals surface area contributed by atoms with Crippen LogP contribution in [0.25, 0.3) is 0 Å². The van der Waals surface area contributed by atoms with Crippen LogP contribution in [0, 0.1) is 5.92 Å². The van der Waals surface area contributed by atoms with Crippen LogP contribution >= 0.6 is 0 Å². The van der Waals surface area contributed by atoms with Crippen LogP contribution in [0.2, 0.25) is 0 Å². The summed E-state index contributed by atoms with van der Waals surface area (Å²) in [5, 5.41) is 0. The van der Waals surface area contributed by atoms with Crippen molar-refractivity contribution in [1.82, 2.24) is 4.72 Å². The van der Waals surface area contributed by atoms with Gasteiger partial charge in [-0.15, -0.1) is 0 Å². The average molecular weight is 310 g/mol. The van der Waals surface area contributed by atoms with Crippen molar-refractivity contribution in [3.8, 4) is 0 Å². The Labute approximate surface area is 126 Å². The highest BCUT2D eigenvalue weighted by Crippen LogP contribution is 2.41. The average Bonchev–Trinajstić information content (AvgIpc) is 2.58. The normalized spacial score (nSPS) is 17.4. The minimum absolute atomic E-state index is 0.0258. The van der Waals surface area contributed by atoms with Gasteiger partial charge in [0, 0.05) is 19.3 Å². The van der Waals surface area contributed by atoms with Gasteiger partial charge >= 0.3 is 0 Å². The minimum atomic E-state index is -3.54. The number of nitrogens with zero attached hydrogens (tertiary/aromatic N) is 1. The van der Waals surface area contributed by atoms with Crippen LogP contribution in [0.5, 0.6) is 0 Å². The van der Waals surface area contributed by atoms with Gasteiger partial charge < -0.3 is 4.90 Å². The van der Waals surface area contributed by atoms with Gasteiger partial charge in [-0.2, -0.15) is 0 Å². The fraction of sp³-hybridized carbons (Fsp3) is 0.533. The summed E-state index contributed by atoms with van der Waals surface area (Å²) in [6.45, 7) is 7.91. The highest BCUT2D eigenvalue weighted by Gasteiger charge is 2.42. The van der Waals surface area contributed by atoms with Gasteiger partial charge in [0.2, 0.25) is 15.9 Å². The third-order valence-electron chi connectivity index (χ3n) is 3.83. The molecule has 0 atom stereocenters. The molecule has 0 aromatic heterocycles. The Morgan fingerprint density at radius 1 is 1.29 bits per heavy atom. The molecule has 1 heterocycles. The molecule has 6 heteroatoms. The number of anilines is 1. The van der Waals surface area contributed by atoms with E-state index in [4.69, 9.17) is 0 Å². The van der Waals surface area contributed by atoms with Crippen LogP contribution in [-0.2, 0) is 20.2 Å². The van der Waals surface area contributed by atoms with Gasteiger partial charge in [-0.1, -0.05) is 13.8 Å². The van der Waals surface area contributed by atoms with E-state index in [1.165, 1.54) is 0 Å². The molecule has 0 aliphatic carbocycles. The Kier molecular flexibility index (Phi) is 3.88. The molecule has 0 bridgehead atoms. The largest absolute Gasteiger partial charge is 0.314 e. The molecule has 1 aliphatic heterocycles. The second-order valence-electron chi connectivity index (χ2n) is 6.41. The number of hydrogen-bond donors (Lipinski definition) is 1. The summed E-state index contributed by atoms with van der Waals surface area (Å²) >= 11 is 0. The molecule has 1 aromatic carbocycles. The van der Waals surface area contributed by atoms with Crippen LogP contribution in [0.1, 0.15) is 33.3 Å². The molecule has 0 saturated carbocycles. The molecule has 1 N–H and O–H groups in total.